The van der Waals surface area contributed by atoms with Crippen LogP contribution >= 0.6 is 0 Å². The summed E-state index contributed by atoms with van der Waals surface area (Å²) in [6, 6.07) is 52.0. The second kappa shape index (κ2) is 18.5. The summed E-state index contributed by atoms with van der Waals surface area (Å²) in [4.78, 5) is 0.150. The van der Waals surface area contributed by atoms with Crippen LogP contribution in [0.4, 0.5) is 0 Å². The summed E-state index contributed by atoms with van der Waals surface area (Å²) in [7, 11) is -10.8. The quantitative estimate of drug-likeness (QED) is 0.0975. The van der Waals surface area contributed by atoms with Crippen molar-refractivity contribution < 1.29 is 48.8 Å². The largest absolute Gasteiger partial charge is 0.497 e. The summed E-state index contributed by atoms with van der Waals surface area (Å²) < 4.78 is 110. The minimum absolute atomic E-state index is 0.0442. The molecule has 8 rings (SSSR count). The molecule has 8 aromatic carbocycles. The summed E-state index contributed by atoms with van der Waals surface area (Å²) in [6.07, 6.45) is 0. The third kappa shape index (κ3) is 10.6. The molecule has 0 atom stereocenters. The molecule has 14 heteroatoms. The fourth-order valence-corrected chi connectivity index (χ4v) is 10.0. The molecule has 0 aliphatic heterocycles. The van der Waals surface area contributed by atoms with E-state index >= 15 is 0 Å². The first kappa shape index (κ1) is 44.4. The smallest absolute Gasteiger partial charge is 0.269 e. The van der Waals surface area contributed by atoms with Crippen LogP contribution < -0.4 is 18.9 Å². The number of rotatable bonds is 15. The molecule has 0 aliphatic rings. The van der Waals surface area contributed by atoms with Crippen molar-refractivity contribution in [3.63, 3.8) is 0 Å². The van der Waals surface area contributed by atoms with Gasteiger partial charge in [-0.25, -0.2) is 16.8 Å². The maximum atomic E-state index is 13.8. The fraction of sp³-hybridized carbons (Fsp3) is 0.0588. The Kier molecular flexibility index (Phi) is 12.6. The van der Waals surface area contributed by atoms with E-state index in [0.717, 1.165) is 33.6 Å². The van der Waals surface area contributed by atoms with E-state index in [-0.39, 0.29) is 30.9 Å². The zero-order chi connectivity index (χ0) is 45.8. The summed E-state index contributed by atoms with van der Waals surface area (Å²) in [6.45, 7) is 1.90. The molecule has 8 aromatic rings. The lowest BCUT2D eigenvalue weighted by Crippen LogP contribution is -2.07. The molecular formula is C51H40O11S3. The lowest BCUT2D eigenvalue weighted by molar-refractivity contribution is 0.415. The average molecular weight is 925 g/mol. The Balaban J connectivity index is 0.897. The summed E-state index contributed by atoms with van der Waals surface area (Å²) in [5, 5.41) is 0. The van der Waals surface area contributed by atoms with E-state index in [2.05, 4.69) is 0 Å². The SMILES string of the molecule is COc1ccc(-c2ccc(Oc3ccc(S(=O)(=O)c4ccc(Oc5ccc(-c6ccc(Oc7ccc(S(=O)(=O)c8ccc(C)cc8)cc7)cc6)cc5)cc4)cc3CS(=O)(=O)O)cc2)cc1. The molecule has 0 amide bonds. The van der Waals surface area contributed by atoms with Crippen molar-refractivity contribution in [2.75, 3.05) is 7.11 Å². The monoisotopic (exact) mass is 924 g/mol. The Labute approximate surface area is 377 Å². The lowest BCUT2D eigenvalue weighted by atomic mass is 10.1. The number of aryl methyl sites for hydroxylation is 1. The molecule has 0 saturated heterocycles. The van der Waals surface area contributed by atoms with Crippen LogP contribution in [0.2, 0.25) is 0 Å². The van der Waals surface area contributed by atoms with E-state index in [0.29, 0.717) is 28.7 Å². The molecule has 65 heavy (non-hydrogen) atoms. The third-order valence-corrected chi connectivity index (χ3v) is 14.5. The van der Waals surface area contributed by atoms with Crippen LogP contribution in [0.15, 0.2) is 208 Å². The molecular weight excluding hydrogens is 885 g/mol. The van der Waals surface area contributed by atoms with Gasteiger partial charge in [0, 0.05) is 5.56 Å². The molecule has 0 aromatic heterocycles. The van der Waals surface area contributed by atoms with Gasteiger partial charge in [0.1, 0.15) is 46.0 Å². The minimum atomic E-state index is -4.57. The van der Waals surface area contributed by atoms with E-state index in [1.807, 2.05) is 79.7 Å². The van der Waals surface area contributed by atoms with Gasteiger partial charge < -0.3 is 18.9 Å². The second-order valence-electron chi connectivity index (χ2n) is 14.9. The van der Waals surface area contributed by atoms with Crippen LogP contribution in [-0.2, 0) is 35.5 Å². The molecule has 0 fully saturated rings. The maximum absolute atomic E-state index is 13.8. The molecule has 1 N–H and O–H groups in total. The summed E-state index contributed by atoms with van der Waals surface area (Å²) in [5.41, 5.74) is 4.59. The first-order valence-corrected chi connectivity index (χ1v) is 24.5. The standard InChI is InChI=1S/C51H40O11S3/c1-35-3-25-47(26-4-35)64(55,56)48-27-21-44(22-28-48)60-42-15-7-37(8-16-42)38-9-17-43(18-10-38)61-45-23-29-49(30-24-45)65(57,58)50-31-32-51(40(33-50)34-63(52,53)54)62-46-19-11-39(12-20-46)36-5-13-41(59-2)14-6-36/h3-33H,34H2,1-2H3,(H,52,53,54). The van der Waals surface area contributed by atoms with Crippen molar-refractivity contribution in [2.24, 2.45) is 0 Å². The van der Waals surface area contributed by atoms with Crippen molar-refractivity contribution in [3.05, 3.63) is 199 Å². The van der Waals surface area contributed by atoms with E-state index in [1.54, 1.807) is 67.8 Å². The van der Waals surface area contributed by atoms with E-state index < -0.39 is 35.5 Å². The van der Waals surface area contributed by atoms with Crippen LogP contribution in [-0.4, -0.2) is 36.9 Å². The normalized spacial score (nSPS) is 11.7. The predicted octanol–water partition coefficient (Wildman–Crippen LogP) is 11.8. The maximum Gasteiger partial charge on any atom is 0.269 e. The Morgan fingerprint density at radius 2 is 0.692 bits per heavy atom. The highest BCUT2D eigenvalue weighted by Gasteiger charge is 2.23. The van der Waals surface area contributed by atoms with E-state index in [9.17, 15) is 29.8 Å². The third-order valence-electron chi connectivity index (χ3n) is 10.3. The highest BCUT2D eigenvalue weighted by atomic mass is 32.2. The number of methoxy groups -OCH3 is 1. The van der Waals surface area contributed by atoms with Crippen LogP contribution in [0.1, 0.15) is 11.1 Å². The van der Waals surface area contributed by atoms with Gasteiger partial charge in [-0.3, -0.25) is 4.55 Å². The number of ether oxygens (including phenoxy) is 4. The number of benzene rings is 8. The second-order valence-corrected chi connectivity index (χ2v) is 20.2. The van der Waals surface area contributed by atoms with Gasteiger partial charge in [0.25, 0.3) is 10.1 Å². The first-order valence-electron chi connectivity index (χ1n) is 20.0. The van der Waals surface area contributed by atoms with Gasteiger partial charge in [-0.1, -0.05) is 66.2 Å². The minimum Gasteiger partial charge on any atom is -0.497 e. The van der Waals surface area contributed by atoms with Gasteiger partial charge in [-0.15, -0.1) is 0 Å². The molecule has 11 nitrogen and oxygen atoms in total. The zero-order valence-corrected chi connectivity index (χ0v) is 37.3. The van der Waals surface area contributed by atoms with Gasteiger partial charge in [0.05, 0.1) is 26.7 Å². The van der Waals surface area contributed by atoms with Crippen molar-refractivity contribution >= 4 is 29.8 Å². The molecule has 328 valence electrons. The van der Waals surface area contributed by atoms with Crippen molar-refractivity contribution in [1.82, 2.24) is 0 Å². The van der Waals surface area contributed by atoms with Crippen LogP contribution in [0, 0.1) is 6.92 Å². The van der Waals surface area contributed by atoms with Gasteiger partial charge in [-0.05, 0) is 157 Å². The van der Waals surface area contributed by atoms with Crippen LogP contribution in [0.3, 0.4) is 0 Å². The van der Waals surface area contributed by atoms with Gasteiger partial charge in [0.15, 0.2) is 0 Å². The Morgan fingerprint density at radius 3 is 1.06 bits per heavy atom. The van der Waals surface area contributed by atoms with Crippen molar-refractivity contribution in [2.45, 2.75) is 32.3 Å². The van der Waals surface area contributed by atoms with Gasteiger partial charge >= 0.3 is 0 Å². The summed E-state index contributed by atoms with van der Waals surface area (Å²) in [5.74, 6) is 2.24. The Morgan fingerprint density at radius 1 is 0.385 bits per heavy atom. The molecule has 0 saturated carbocycles. The predicted molar refractivity (Wildman–Crippen MR) is 247 cm³/mol. The lowest BCUT2D eigenvalue weighted by Gasteiger charge is -2.14. The first-order chi connectivity index (χ1) is 31.1. The highest BCUT2D eigenvalue weighted by Crippen LogP contribution is 2.35. The van der Waals surface area contributed by atoms with Crippen LogP contribution in [0.5, 0.6) is 40.2 Å². The van der Waals surface area contributed by atoms with Crippen molar-refractivity contribution in [3.8, 4) is 62.5 Å². The van der Waals surface area contributed by atoms with E-state index in [4.69, 9.17) is 18.9 Å². The zero-order valence-electron chi connectivity index (χ0n) is 34.9. The average Bonchev–Trinajstić information content (AvgIpc) is 3.30. The Bertz CT molecular complexity index is 3280. The number of sulfone groups is 2. The molecule has 0 radical (unpaired) electrons. The number of hydrogen-bond donors (Lipinski definition) is 1. The van der Waals surface area contributed by atoms with Crippen LogP contribution in [0.25, 0.3) is 22.3 Å². The summed E-state index contributed by atoms with van der Waals surface area (Å²) >= 11 is 0. The molecule has 0 unspecified atom stereocenters. The Hall–Kier alpha value is -7.23. The number of hydrogen-bond acceptors (Lipinski definition) is 10. The van der Waals surface area contributed by atoms with E-state index in [1.165, 1.54) is 54.6 Å². The molecule has 0 aliphatic carbocycles. The van der Waals surface area contributed by atoms with Gasteiger partial charge in [-0.2, -0.15) is 8.42 Å². The van der Waals surface area contributed by atoms with Gasteiger partial charge in [0.2, 0.25) is 19.7 Å². The van der Waals surface area contributed by atoms with Crippen molar-refractivity contribution in [1.29, 1.82) is 0 Å². The topological polar surface area (TPSA) is 160 Å². The molecule has 0 bridgehead atoms. The highest BCUT2D eigenvalue weighted by molar-refractivity contribution is 7.91. The molecule has 0 spiro atoms. The molecule has 0 heterocycles. The fourth-order valence-electron chi connectivity index (χ4n) is 6.82.